The van der Waals surface area contributed by atoms with Crippen LogP contribution in [0, 0.1) is 0 Å². The molecule has 1 aromatic rings. The van der Waals surface area contributed by atoms with Crippen LogP contribution in [0.4, 0.5) is 0 Å². The molecule has 2 rings (SSSR count). The summed E-state index contributed by atoms with van der Waals surface area (Å²) in [7, 11) is 3.22. The smallest absolute Gasteiger partial charge is 0.179 e. The third-order valence-corrected chi connectivity index (χ3v) is 3.34. The van der Waals surface area contributed by atoms with Crippen molar-refractivity contribution in [2.45, 2.75) is 18.9 Å². The van der Waals surface area contributed by atoms with Gasteiger partial charge in [-0.1, -0.05) is 17.7 Å². The Hall–Kier alpha value is -0.930. The third-order valence-electron chi connectivity index (χ3n) is 2.95. The Morgan fingerprint density at radius 2 is 2.12 bits per heavy atom. The van der Waals surface area contributed by atoms with Crippen LogP contribution in [0.1, 0.15) is 24.4 Å². The third kappa shape index (κ3) is 1.97. The van der Waals surface area contributed by atoms with Gasteiger partial charge in [0.1, 0.15) is 0 Å². The molecule has 1 heterocycles. The molecule has 1 fully saturated rings. The summed E-state index contributed by atoms with van der Waals surface area (Å²) in [5.41, 5.74) is 1.09. The molecule has 0 bridgehead atoms. The molecular weight excluding hydrogens is 226 g/mol. The van der Waals surface area contributed by atoms with E-state index in [1.807, 2.05) is 12.1 Å². The van der Waals surface area contributed by atoms with E-state index in [1.54, 1.807) is 14.2 Å². The molecule has 1 aliphatic rings. The van der Waals surface area contributed by atoms with E-state index in [9.17, 15) is 0 Å². The molecule has 0 saturated carbocycles. The molecule has 0 amide bonds. The maximum Gasteiger partial charge on any atom is 0.179 e. The van der Waals surface area contributed by atoms with Crippen LogP contribution in [0.2, 0.25) is 5.02 Å². The number of ether oxygens (including phenoxy) is 2. The van der Waals surface area contributed by atoms with Gasteiger partial charge in [-0.15, -0.1) is 0 Å². The first-order valence-electron chi connectivity index (χ1n) is 5.41. The average molecular weight is 242 g/mol. The largest absolute Gasteiger partial charge is 0.493 e. The topological polar surface area (TPSA) is 30.5 Å². The molecule has 1 saturated heterocycles. The fraction of sp³-hybridized carbons (Fsp3) is 0.500. The molecule has 88 valence electrons. The molecule has 1 N–H and O–H groups in total. The van der Waals surface area contributed by atoms with Gasteiger partial charge in [-0.05, 0) is 31.0 Å². The molecule has 1 atom stereocenters. The normalized spacial score (nSPS) is 19.8. The number of nitrogens with one attached hydrogen (secondary N) is 1. The zero-order valence-electron chi connectivity index (χ0n) is 9.55. The Kier molecular flexibility index (Phi) is 3.56. The Morgan fingerprint density at radius 3 is 2.69 bits per heavy atom. The summed E-state index contributed by atoms with van der Waals surface area (Å²) in [6.07, 6.45) is 2.31. The Balaban J connectivity index is 2.39. The molecule has 0 unspecified atom stereocenters. The van der Waals surface area contributed by atoms with Gasteiger partial charge in [0.15, 0.2) is 11.5 Å². The highest BCUT2D eigenvalue weighted by Crippen LogP contribution is 2.41. The molecule has 0 aliphatic carbocycles. The SMILES string of the molecule is COc1ccc([C@@H]2CCCN2)c(Cl)c1OC. The highest BCUT2D eigenvalue weighted by molar-refractivity contribution is 6.33. The quantitative estimate of drug-likeness (QED) is 0.883. The molecule has 1 aromatic carbocycles. The van der Waals surface area contributed by atoms with Gasteiger partial charge >= 0.3 is 0 Å². The maximum atomic E-state index is 6.33. The predicted molar refractivity (Wildman–Crippen MR) is 64.5 cm³/mol. The van der Waals surface area contributed by atoms with Crippen molar-refractivity contribution in [2.75, 3.05) is 20.8 Å². The lowest BCUT2D eigenvalue weighted by Crippen LogP contribution is -2.13. The monoisotopic (exact) mass is 241 g/mol. The molecule has 0 aromatic heterocycles. The molecule has 1 aliphatic heterocycles. The summed E-state index contributed by atoms with van der Waals surface area (Å²) in [5, 5.41) is 4.08. The Bertz CT molecular complexity index is 376. The minimum Gasteiger partial charge on any atom is -0.493 e. The van der Waals surface area contributed by atoms with E-state index < -0.39 is 0 Å². The summed E-state index contributed by atoms with van der Waals surface area (Å²) in [6, 6.07) is 4.25. The lowest BCUT2D eigenvalue weighted by molar-refractivity contribution is 0.354. The van der Waals surface area contributed by atoms with Crippen molar-refractivity contribution in [1.29, 1.82) is 0 Å². The van der Waals surface area contributed by atoms with Crippen molar-refractivity contribution >= 4 is 11.6 Å². The van der Waals surface area contributed by atoms with Crippen LogP contribution >= 0.6 is 11.6 Å². The van der Waals surface area contributed by atoms with Crippen molar-refractivity contribution in [3.63, 3.8) is 0 Å². The van der Waals surface area contributed by atoms with Crippen molar-refractivity contribution in [2.24, 2.45) is 0 Å². The molecule has 3 nitrogen and oxygen atoms in total. The Labute approximate surface area is 101 Å². The van der Waals surface area contributed by atoms with Gasteiger partial charge in [-0.2, -0.15) is 0 Å². The van der Waals surface area contributed by atoms with Gasteiger partial charge in [0.05, 0.1) is 19.2 Å². The molecule has 4 heteroatoms. The van der Waals surface area contributed by atoms with Gasteiger partial charge in [0.25, 0.3) is 0 Å². The van der Waals surface area contributed by atoms with Gasteiger partial charge < -0.3 is 14.8 Å². The van der Waals surface area contributed by atoms with Gasteiger partial charge in [-0.25, -0.2) is 0 Å². The Morgan fingerprint density at radius 1 is 1.31 bits per heavy atom. The first-order chi connectivity index (χ1) is 7.77. The number of halogens is 1. The number of hydrogen-bond acceptors (Lipinski definition) is 3. The van der Waals surface area contributed by atoms with Crippen LogP contribution in [0.15, 0.2) is 12.1 Å². The maximum absolute atomic E-state index is 6.33. The molecule has 16 heavy (non-hydrogen) atoms. The van der Waals surface area contributed by atoms with E-state index in [1.165, 1.54) is 6.42 Å². The van der Waals surface area contributed by atoms with Crippen LogP contribution in [-0.2, 0) is 0 Å². The summed E-state index contributed by atoms with van der Waals surface area (Å²) in [6.45, 7) is 1.05. The van der Waals surface area contributed by atoms with Crippen molar-refractivity contribution in [3.8, 4) is 11.5 Å². The summed E-state index contributed by atoms with van der Waals surface area (Å²) in [5.74, 6) is 1.30. The zero-order valence-corrected chi connectivity index (χ0v) is 10.3. The minimum absolute atomic E-state index is 0.340. The summed E-state index contributed by atoms with van der Waals surface area (Å²) < 4.78 is 10.5. The fourth-order valence-corrected chi connectivity index (χ4v) is 2.49. The van der Waals surface area contributed by atoms with E-state index in [0.29, 0.717) is 22.6 Å². The lowest BCUT2D eigenvalue weighted by atomic mass is 10.0. The van der Waals surface area contributed by atoms with E-state index in [4.69, 9.17) is 21.1 Å². The number of benzene rings is 1. The van der Waals surface area contributed by atoms with Gasteiger partial charge in [-0.3, -0.25) is 0 Å². The number of methoxy groups -OCH3 is 2. The first kappa shape index (κ1) is 11.6. The molecule has 0 radical (unpaired) electrons. The molecular formula is C12H16ClNO2. The van der Waals surface area contributed by atoms with E-state index in [2.05, 4.69) is 5.32 Å². The van der Waals surface area contributed by atoms with Crippen LogP contribution in [0.3, 0.4) is 0 Å². The number of rotatable bonds is 3. The second-order valence-corrected chi connectivity index (χ2v) is 4.23. The highest BCUT2D eigenvalue weighted by atomic mass is 35.5. The van der Waals surface area contributed by atoms with Crippen molar-refractivity contribution in [1.82, 2.24) is 5.32 Å². The van der Waals surface area contributed by atoms with E-state index in [-0.39, 0.29) is 0 Å². The predicted octanol–water partition coefficient (Wildman–Crippen LogP) is 2.78. The second kappa shape index (κ2) is 4.93. The van der Waals surface area contributed by atoms with Crippen LogP contribution in [0.25, 0.3) is 0 Å². The van der Waals surface area contributed by atoms with Crippen LogP contribution in [0.5, 0.6) is 11.5 Å². The first-order valence-corrected chi connectivity index (χ1v) is 5.79. The molecule has 0 spiro atoms. The average Bonchev–Trinajstić information content (AvgIpc) is 2.81. The highest BCUT2D eigenvalue weighted by Gasteiger charge is 2.22. The fourth-order valence-electron chi connectivity index (χ4n) is 2.12. The lowest BCUT2D eigenvalue weighted by Gasteiger charge is -2.16. The minimum atomic E-state index is 0.340. The van der Waals surface area contributed by atoms with Crippen LogP contribution < -0.4 is 14.8 Å². The standard InChI is InChI=1S/C12H16ClNO2/c1-15-10-6-5-8(9-4-3-7-14-9)11(13)12(10)16-2/h5-6,9,14H,3-4,7H2,1-2H3/t9-/m0/s1. The second-order valence-electron chi connectivity index (χ2n) is 3.85. The number of hydrogen-bond donors (Lipinski definition) is 1. The van der Waals surface area contributed by atoms with E-state index in [0.717, 1.165) is 18.5 Å². The van der Waals surface area contributed by atoms with Gasteiger partial charge in [0, 0.05) is 6.04 Å². The van der Waals surface area contributed by atoms with E-state index >= 15 is 0 Å². The summed E-state index contributed by atoms with van der Waals surface area (Å²) in [4.78, 5) is 0. The van der Waals surface area contributed by atoms with Crippen molar-refractivity contribution < 1.29 is 9.47 Å². The van der Waals surface area contributed by atoms with Crippen molar-refractivity contribution in [3.05, 3.63) is 22.7 Å². The summed E-state index contributed by atoms with van der Waals surface area (Å²) >= 11 is 6.33. The zero-order chi connectivity index (χ0) is 11.5. The van der Waals surface area contributed by atoms with Crippen LogP contribution in [-0.4, -0.2) is 20.8 Å². The van der Waals surface area contributed by atoms with Gasteiger partial charge in [0.2, 0.25) is 0 Å².